The molecule has 0 bridgehead atoms. The van der Waals surface area contributed by atoms with Gasteiger partial charge in [0.25, 0.3) is 0 Å². The number of pyridine rings is 1. The van der Waals surface area contributed by atoms with E-state index in [0.717, 1.165) is 5.56 Å². The van der Waals surface area contributed by atoms with Crippen LogP contribution in [0, 0.1) is 12.3 Å². The lowest BCUT2D eigenvalue weighted by Gasteiger charge is -2.11. The fourth-order valence-electron chi connectivity index (χ4n) is 1.24. The average Bonchev–Trinajstić information content (AvgIpc) is 2.75. The topological polar surface area (TPSA) is 58.6 Å². The number of nitrogens with one attached hydrogen (secondary N) is 2. The lowest BCUT2D eigenvalue weighted by atomic mass is 10.3. The molecule has 0 fully saturated rings. The second-order valence-corrected chi connectivity index (χ2v) is 3.73. The largest absolute Gasteiger partial charge is 0.283 e. The lowest BCUT2D eigenvalue weighted by molar-refractivity contribution is 0.850. The quantitative estimate of drug-likeness (QED) is 0.718. The molecule has 0 aliphatic heterocycles. The third kappa shape index (κ3) is 2.17. The van der Waals surface area contributed by atoms with Gasteiger partial charge in [0.05, 0.1) is 0 Å². The summed E-state index contributed by atoms with van der Waals surface area (Å²) < 4.78 is 3.22. The van der Waals surface area contributed by atoms with Crippen molar-refractivity contribution in [1.82, 2.24) is 14.2 Å². The number of hydrogen-bond acceptors (Lipinski definition) is 3. The molecule has 5 nitrogen and oxygen atoms in total. The van der Waals surface area contributed by atoms with E-state index in [0.29, 0.717) is 10.6 Å². The molecule has 82 valence electrons. The summed E-state index contributed by atoms with van der Waals surface area (Å²) in [6, 6.07) is 3.66. The van der Waals surface area contributed by atoms with Crippen molar-refractivity contribution in [3.8, 4) is 0 Å². The van der Waals surface area contributed by atoms with E-state index in [-0.39, 0.29) is 0 Å². The molecule has 0 amide bonds. The molecule has 0 aliphatic carbocycles. The maximum Gasteiger partial charge on any atom is 0.197 e. The van der Waals surface area contributed by atoms with E-state index < -0.39 is 0 Å². The van der Waals surface area contributed by atoms with E-state index in [1.54, 1.807) is 40.2 Å². The van der Waals surface area contributed by atoms with Crippen molar-refractivity contribution in [3.05, 3.63) is 48.1 Å². The van der Waals surface area contributed by atoms with Crippen LogP contribution < -0.4 is 10.9 Å². The minimum absolute atomic E-state index is 0.350. The van der Waals surface area contributed by atoms with Gasteiger partial charge in [-0.15, -0.1) is 0 Å². The first-order valence-electron chi connectivity index (χ1n) is 4.70. The molecule has 0 atom stereocenters. The highest BCUT2D eigenvalue weighted by molar-refractivity contribution is 7.80. The van der Waals surface area contributed by atoms with Gasteiger partial charge in [-0.05, 0) is 36.8 Å². The van der Waals surface area contributed by atoms with Gasteiger partial charge >= 0.3 is 0 Å². The van der Waals surface area contributed by atoms with Crippen LogP contribution >= 0.6 is 12.2 Å². The molecular formula is C10H11N5S. The molecular weight excluding hydrogens is 222 g/mol. The van der Waals surface area contributed by atoms with Crippen LogP contribution in [0.3, 0.4) is 0 Å². The SMILES string of the molecule is Cc1ccn(NC(=S)n2ccnc2)c(=N)c1. The zero-order chi connectivity index (χ0) is 11.5. The number of hydrogen-bond donors (Lipinski definition) is 2. The molecule has 0 aromatic carbocycles. The Bertz CT molecular complexity index is 555. The summed E-state index contributed by atoms with van der Waals surface area (Å²) in [5, 5.41) is 8.22. The van der Waals surface area contributed by atoms with Crippen molar-refractivity contribution in [3.63, 3.8) is 0 Å². The van der Waals surface area contributed by atoms with Gasteiger partial charge in [-0.3, -0.25) is 15.4 Å². The molecule has 2 heterocycles. The predicted molar refractivity (Wildman–Crippen MR) is 64.6 cm³/mol. The molecule has 2 rings (SSSR count). The Morgan fingerprint density at radius 2 is 2.31 bits per heavy atom. The summed E-state index contributed by atoms with van der Waals surface area (Å²) in [6.07, 6.45) is 6.76. The molecule has 2 aromatic rings. The van der Waals surface area contributed by atoms with Crippen molar-refractivity contribution in [2.75, 3.05) is 5.43 Å². The molecule has 0 saturated carbocycles. The predicted octanol–water partition coefficient (Wildman–Crippen LogP) is 0.849. The Hall–Kier alpha value is -1.95. The number of rotatable bonds is 1. The van der Waals surface area contributed by atoms with Crippen LogP contribution in [0.1, 0.15) is 5.56 Å². The van der Waals surface area contributed by atoms with Crippen LogP contribution in [0.2, 0.25) is 0 Å². The molecule has 0 aliphatic rings. The second kappa shape index (κ2) is 4.28. The Labute approximate surface area is 97.9 Å². The minimum Gasteiger partial charge on any atom is -0.283 e. The van der Waals surface area contributed by atoms with Crippen molar-refractivity contribution >= 4 is 17.3 Å². The number of aromatic nitrogens is 3. The van der Waals surface area contributed by atoms with Crippen LogP contribution in [-0.2, 0) is 0 Å². The van der Waals surface area contributed by atoms with E-state index >= 15 is 0 Å². The lowest BCUT2D eigenvalue weighted by Crippen LogP contribution is -2.34. The molecule has 0 unspecified atom stereocenters. The average molecular weight is 233 g/mol. The summed E-state index contributed by atoms with van der Waals surface area (Å²) in [7, 11) is 0. The van der Waals surface area contributed by atoms with Gasteiger partial charge in [-0.1, -0.05) is 0 Å². The van der Waals surface area contributed by atoms with Crippen LogP contribution in [0.5, 0.6) is 0 Å². The summed E-state index contributed by atoms with van der Waals surface area (Å²) in [5.41, 5.74) is 4.31. The molecule has 6 heteroatoms. The highest BCUT2D eigenvalue weighted by Gasteiger charge is 1.99. The van der Waals surface area contributed by atoms with E-state index in [4.69, 9.17) is 17.6 Å². The standard InChI is InChI=1S/C10H11N5S/c1-8-2-4-15(9(11)6-8)13-10(16)14-5-3-12-7-14/h2-7,11H,1H3,(H,13,16). The number of imidazole rings is 1. The fraction of sp³-hybridized carbons (Fsp3) is 0.100. The summed E-state index contributed by atoms with van der Waals surface area (Å²) >= 11 is 5.16. The van der Waals surface area contributed by atoms with E-state index in [1.165, 1.54) is 0 Å². The van der Waals surface area contributed by atoms with Gasteiger partial charge in [0, 0.05) is 18.6 Å². The van der Waals surface area contributed by atoms with E-state index in [2.05, 4.69) is 10.4 Å². The minimum atomic E-state index is 0.350. The Morgan fingerprint density at radius 3 is 2.94 bits per heavy atom. The number of aryl methyl sites for hydroxylation is 1. The van der Waals surface area contributed by atoms with Gasteiger partial charge in [-0.2, -0.15) is 0 Å². The third-order valence-electron chi connectivity index (χ3n) is 2.07. The van der Waals surface area contributed by atoms with E-state index in [1.807, 2.05) is 13.0 Å². The zero-order valence-corrected chi connectivity index (χ0v) is 9.53. The van der Waals surface area contributed by atoms with Gasteiger partial charge in [-0.25, -0.2) is 9.66 Å². The monoisotopic (exact) mass is 233 g/mol. The third-order valence-corrected chi connectivity index (χ3v) is 2.37. The summed E-state index contributed by atoms with van der Waals surface area (Å²) in [4.78, 5) is 3.90. The highest BCUT2D eigenvalue weighted by Crippen LogP contribution is 1.91. The Balaban J connectivity index is 2.22. The summed E-state index contributed by atoms with van der Waals surface area (Å²) in [5.74, 6) is 0. The second-order valence-electron chi connectivity index (χ2n) is 3.35. The zero-order valence-electron chi connectivity index (χ0n) is 8.71. The van der Waals surface area contributed by atoms with Crippen LogP contribution in [0.4, 0.5) is 0 Å². The summed E-state index contributed by atoms with van der Waals surface area (Å²) in [6.45, 7) is 1.94. The Kier molecular flexibility index (Phi) is 2.82. The normalized spacial score (nSPS) is 10.1. The van der Waals surface area contributed by atoms with E-state index in [9.17, 15) is 0 Å². The van der Waals surface area contributed by atoms with Crippen LogP contribution in [0.25, 0.3) is 0 Å². The number of nitrogens with zero attached hydrogens (tertiary/aromatic N) is 3. The highest BCUT2D eigenvalue weighted by atomic mass is 32.1. The van der Waals surface area contributed by atoms with Crippen LogP contribution in [-0.4, -0.2) is 19.3 Å². The smallest absolute Gasteiger partial charge is 0.197 e. The van der Waals surface area contributed by atoms with Crippen LogP contribution in [0.15, 0.2) is 37.1 Å². The van der Waals surface area contributed by atoms with Crippen molar-refractivity contribution in [2.45, 2.75) is 6.92 Å². The first-order chi connectivity index (χ1) is 7.66. The number of thiocarbonyl (C=S) groups is 1. The Morgan fingerprint density at radius 1 is 1.50 bits per heavy atom. The van der Waals surface area contributed by atoms with Crippen molar-refractivity contribution in [2.24, 2.45) is 0 Å². The molecule has 2 N–H and O–H groups in total. The van der Waals surface area contributed by atoms with Gasteiger partial charge in [0.15, 0.2) is 5.11 Å². The molecule has 16 heavy (non-hydrogen) atoms. The molecule has 0 spiro atoms. The fourth-order valence-corrected chi connectivity index (χ4v) is 1.45. The molecule has 0 radical (unpaired) electrons. The van der Waals surface area contributed by atoms with Gasteiger partial charge in [0.2, 0.25) is 0 Å². The maximum atomic E-state index is 7.75. The van der Waals surface area contributed by atoms with Crippen molar-refractivity contribution in [1.29, 1.82) is 5.41 Å². The molecule has 2 aromatic heterocycles. The van der Waals surface area contributed by atoms with Gasteiger partial charge < -0.3 is 0 Å². The maximum absolute atomic E-state index is 7.75. The first-order valence-corrected chi connectivity index (χ1v) is 5.11. The van der Waals surface area contributed by atoms with Gasteiger partial charge in [0.1, 0.15) is 11.8 Å². The molecule has 0 saturated heterocycles. The van der Waals surface area contributed by atoms with Crippen molar-refractivity contribution < 1.29 is 0 Å². The first kappa shape index (κ1) is 10.6.